The van der Waals surface area contributed by atoms with Crippen molar-refractivity contribution >= 4 is 5.91 Å². The van der Waals surface area contributed by atoms with Crippen LogP contribution in [0.3, 0.4) is 0 Å². The topological polar surface area (TPSA) is 86.5 Å². The van der Waals surface area contributed by atoms with Crippen LogP contribution in [0, 0.1) is 11.3 Å². The molecule has 29 heavy (non-hydrogen) atoms. The fraction of sp³-hybridized carbons (Fsp3) is 0.652. The molecule has 1 aliphatic heterocycles. The molecule has 1 saturated heterocycles. The van der Waals surface area contributed by atoms with Gasteiger partial charge in [0.25, 0.3) is 5.91 Å². The Morgan fingerprint density at radius 1 is 1.38 bits per heavy atom. The molecule has 0 aromatic carbocycles. The van der Waals surface area contributed by atoms with E-state index >= 15 is 0 Å². The summed E-state index contributed by atoms with van der Waals surface area (Å²) in [4.78, 5) is 15.8. The Morgan fingerprint density at radius 3 is 2.83 bits per heavy atom. The summed E-state index contributed by atoms with van der Waals surface area (Å²) in [5.41, 5.74) is 7.90. The molecule has 3 aliphatic rings. The van der Waals surface area contributed by atoms with Gasteiger partial charge in [-0.2, -0.15) is 0 Å². The third-order valence-corrected chi connectivity index (χ3v) is 7.42. The molecule has 1 aromatic heterocycles. The molecule has 3 N–H and O–H groups in total. The molecular weight excluding hydrogens is 366 g/mol. The van der Waals surface area contributed by atoms with Crippen LogP contribution in [0.1, 0.15) is 67.9 Å². The molecule has 4 rings (SSSR count). The van der Waals surface area contributed by atoms with E-state index in [1.165, 1.54) is 31.3 Å². The van der Waals surface area contributed by atoms with E-state index in [9.17, 15) is 4.79 Å². The van der Waals surface area contributed by atoms with Crippen LogP contribution in [-0.2, 0) is 15.1 Å². The highest BCUT2D eigenvalue weighted by molar-refractivity contribution is 5.90. The average Bonchev–Trinajstić information content (AvgIpc) is 2.71. The summed E-state index contributed by atoms with van der Waals surface area (Å²) in [5.74, 6) is -0.220. The second kappa shape index (κ2) is 8.07. The van der Waals surface area contributed by atoms with E-state index in [-0.39, 0.29) is 5.69 Å². The minimum Gasteiger partial charge on any atom is -0.388 e. The maximum atomic E-state index is 11.7. The smallest absolute Gasteiger partial charge is 0.267 e. The van der Waals surface area contributed by atoms with E-state index in [1.807, 2.05) is 6.07 Å². The lowest BCUT2D eigenvalue weighted by atomic mass is 9.61. The van der Waals surface area contributed by atoms with Gasteiger partial charge in [-0.15, -0.1) is 0 Å². The fourth-order valence-corrected chi connectivity index (χ4v) is 5.73. The number of aromatic nitrogens is 1. The van der Waals surface area contributed by atoms with Crippen LogP contribution in [0.5, 0.6) is 0 Å². The molecule has 2 unspecified atom stereocenters. The third-order valence-electron chi connectivity index (χ3n) is 7.42. The first-order valence-electron chi connectivity index (χ1n) is 10.8. The molecule has 2 atom stereocenters. The molecule has 1 aromatic rings. The molecule has 2 saturated carbocycles. The summed E-state index contributed by atoms with van der Waals surface area (Å²) >= 11 is 0. The van der Waals surface area contributed by atoms with Crippen LogP contribution in [0.25, 0.3) is 0 Å². The average molecular weight is 400 g/mol. The maximum absolute atomic E-state index is 11.7. The van der Waals surface area contributed by atoms with Crippen molar-refractivity contribution in [2.45, 2.75) is 63.5 Å². The normalized spacial score (nSPS) is 30.8. The number of primary amides is 1. The predicted octanol–water partition coefficient (Wildman–Crippen LogP) is 3.27. The van der Waals surface area contributed by atoms with Crippen LogP contribution in [0.4, 0.5) is 0 Å². The number of hydrogen-bond acceptors (Lipinski definition) is 5. The highest BCUT2D eigenvalue weighted by Gasteiger charge is 2.46. The van der Waals surface area contributed by atoms with Crippen molar-refractivity contribution in [1.82, 2.24) is 10.3 Å². The van der Waals surface area contributed by atoms with E-state index in [2.05, 4.69) is 23.4 Å². The van der Waals surface area contributed by atoms with E-state index in [0.717, 1.165) is 38.0 Å². The molecular formula is C23H33N3O3. The number of nitrogens with two attached hydrogens (primary N) is 1. The van der Waals surface area contributed by atoms with Gasteiger partial charge in [-0.1, -0.05) is 6.92 Å². The zero-order chi connectivity index (χ0) is 20.5. The number of pyridine rings is 1. The van der Waals surface area contributed by atoms with Gasteiger partial charge in [0, 0.05) is 32.6 Å². The highest BCUT2D eigenvalue weighted by atomic mass is 16.5. The van der Waals surface area contributed by atoms with Crippen molar-refractivity contribution in [2.24, 2.45) is 17.1 Å². The monoisotopic (exact) mass is 399 g/mol. The lowest BCUT2D eigenvalue weighted by Gasteiger charge is -2.50. The number of carbonyl (C=O) groups is 1. The van der Waals surface area contributed by atoms with Gasteiger partial charge in [0.15, 0.2) is 0 Å². The molecule has 0 bridgehead atoms. The molecule has 6 nitrogen and oxygen atoms in total. The number of ether oxygens (including phenoxy) is 2. The van der Waals surface area contributed by atoms with Gasteiger partial charge < -0.3 is 20.5 Å². The molecule has 2 aliphatic carbocycles. The highest BCUT2D eigenvalue weighted by Crippen LogP contribution is 2.50. The van der Waals surface area contributed by atoms with Crippen molar-refractivity contribution in [1.29, 1.82) is 0 Å². The number of amides is 1. The summed E-state index contributed by atoms with van der Waals surface area (Å²) < 4.78 is 11.7. The summed E-state index contributed by atoms with van der Waals surface area (Å²) in [6, 6.07) is 4.26. The summed E-state index contributed by atoms with van der Waals surface area (Å²) in [5, 5.41) is 3.69. The van der Waals surface area contributed by atoms with Gasteiger partial charge >= 0.3 is 0 Å². The Bertz CT molecular complexity index is 779. The van der Waals surface area contributed by atoms with Crippen LogP contribution in [-0.4, -0.2) is 37.3 Å². The molecule has 2 heterocycles. The molecule has 6 heteroatoms. The van der Waals surface area contributed by atoms with Crippen molar-refractivity contribution in [3.8, 4) is 0 Å². The van der Waals surface area contributed by atoms with Crippen molar-refractivity contribution in [3.05, 3.63) is 41.4 Å². The van der Waals surface area contributed by atoms with Gasteiger partial charge in [-0.05, 0) is 85.7 Å². The molecule has 1 spiro atoms. The van der Waals surface area contributed by atoms with Crippen LogP contribution >= 0.6 is 0 Å². The van der Waals surface area contributed by atoms with Crippen LogP contribution in [0.15, 0.2) is 30.1 Å². The van der Waals surface area contributed by atoms with E-state index in [0.29, 0.717) is 17.4 Å². The SMILES string of the molecule is COC1(c2ccnc(C(N)=O)c2)/C(=C/NC2CC3(CCOCC3)C2)CCCC1C. The van der Waals surface area contributed by atoms with Gasteiger partial charge in [-0.3, -0.25) is 9.78 Å². The Balaban J connectivity index is 1.56. The number of carbonyl (C=O) groups excluding carboxylic acids is 1. The first-order chi connectivity index (χ1) is 14.0. The second-order valence-electron chi connectivity index (χ2n) is 9.08. The summed E-state index contributed by atoms with van der Waals surface area (Å²) in [7, 11) is 1.76. The zero-order valence-corrected chi connectivity index (χ0v) is 17.6. The lowest BCUT2D eigenvalue weighted by molar-refractivity contribution is -0.0475. The minimum atomic E-state index is -0.557. The van der Waals surface area contributed by atoms with Gasteiger partial charge in [0.1, 0.15) is 11.3 Å². The number of rotatable bonds is 5. The van der Waals surface area contributed by atoms with Gasteiger partial charge in [0.2, 0.25) is 0 Å². The van der Waals surface area contributed by atoms with Crippen LogP contribution < -0.4 is 11.1 Å². The Labute approximate surface area is 173 Å². The quantitative estimate of drug-likeness (QED) is 0.794. The number of hydrogen-bond donors (Lipinski definition) is 2. The molecule has 1 amide bonds. The van der Waals surface area contributed by atoms with Gasteiger partial charge in [0.05, 0.1) is 0 Å². The van der Waals surface area contributed by atoms with Crippen molar-refractivity contribution < 1.29 is 14.3 Å². The second-order valence-corrected chi connectivity index (χ2v) is 9.08. The van der Waals surface area contributed by atoms with Gasteiger partial charge in [-0.25, -0.2) is 0 Å². The zero-order valence-electron chi connectivity index (χ0n) is 17.6. The van der Waals surface area contributed by atoms with Crippen molar-refractivity contribution in [2.75, 3.05) is 20.3 Å². The Morgan fingerprint density at radius 2 is 2.14 bits per heavy atom. The third kappa shape index (κ3) is 3.68. The first kappa shape index (κ1) is 20.4. The fourth-order valence-electron chi connectivity index (χ4n) is 5.73. The molecule has 158 valence electrons. The number of nitrogens with one attached hydrogen (secondary N) is 1. The maximum Gasteiger partial charge on any atom is 0.267 e. The van der Waals surface area contributed by atoms with Crippen molar-refractivity contribution in [3.63, 3.8) is 0 Å². The van der Waals surface area contributed by atoms with E-state index in [4.69, 9.17) is 15.2 Å². The summed E-state index contributed by atoms with van der Waals surface area (Å²) in [6.07, 6.45) is 11.9. The molecule has 3 fully saturated rings. The minimum absolute atomic E-state index is 0.282. The Kier molecular flexibility index (Phi) is 5.67. The van der Waals surface area contributed by atoms with Crippen LogP contribution in [0.2, 0.25) is 0 Å². The number of nitrogens with zero attached hydrogens (tertiary/aromatic N) is 1. The number of methoxy groups -OCH3 is 1. The van der Waals surface area contributed by atoms with E-state index in [1.54, 1.807) is 19.4 Å². The predicted molar refractivity (Wildman–Crippen MR) is 111 cm³/mol. The molecule has 0 radical (unpaired) electrons. The largest absolute Gasteiger partial charge is 0.388 e. The Hall–Kier alpha value is -1.92. The van der Waals surface area contributed by atoms with E-state index < -0.39 is 11.5 Å². The first-order valence-corrected chi connectivity index (χ1v) is 10.8. The standard InChI is InChI=1S/C23H33N3O3/c1-16-4-3-5-18(15-26-19-13-22(14-19)7-10-29-11-8-22)23(16,28-2)17-6-9-25-20(12-17)21(24)27/h6,9,12,15-16,19,26H,3-5,7-8,10-11,13-14H2,1-2H3,(H2,24,27)/b18-15+. The lowest BCUT2D eigenvalue weighted by Crippen LogP contribution is -2.50. The summed E-state index contributed by atoms with van der Waals surface area (Å²) in [6.45, 7) is 4.03.